The van der Waals surface area contributed by atoms with E-state index >= 15 is 0 Å². The number of hydrogen-bond acceptors (Lipinski definition) is 3. The molecule has 0 aliphatic heterocycles. The zero-order valence-electron chi connectivity index (χ0n) is 14.6. The number of aryl methyl sites for hydroxylation is 3. The van der Waals surface area contributed by atoms with Gasteiger partial charge in [-0.15, -0.1) is 0 Å². The molecule has 0 spiro atoms. The van der Waals surface area contributed by atoms with E-state index in [0.717, 1.165) is 17.3 Å². The van der Waals surface area contributed by atoms with Crippen molar-refractivity contribution in [3.63, 3.8) is 0 Å². The third-order valence-electron chi connectivity index (χ3n) is 3.94. The highest BCUT2D eigenvalue weighted by molar-refractivity contribution is 7.98. The molecule has 0 heterocycles. The van der Waals surface area contributed by atoms with Gasteiger partial charge in [0.2, 0.25) is 0 Å². The molecular formula is C20H25NO2S. The van der Waals surface area contributed by atoms with Gasteiger partial charge in [-0.2, -0.15) is 11.8 Å². The molecule has 0 radical (unpaired) electrons. The molecule has 1 amide bonds. The van der Waals surface area contributed by atoms with E-state index in [-0.39, 0.29) is 12.5 Å². The van der Waals surface area contributed by atoms with Crippen molar-refractivity contribution in [1.82, 2.24) is 5.32 Å². The summed E-state index contributed by atoms with van der Waals surface area (Å²) in [5.74, 6) is 2.53. The minimum atomic E-state index is -0.0790. The largest absolute Gasteiger partial charge is 0.484 e. The summed E-state index contributed by atoms with van der Waals surface area (Å²) in [5.41, 5.74) is 5.06. The molecule has 0 aliphatic rings. The SMILES string of the molecule is Cc1ccc(OCC(=O)NCCSCc2ccccc2C)cc1C. The monoisotopic (exact) mass is 343 g/mol. The highest BCUT2D eigenvalue weighted by Crippen LogP contribution is 2.16. The van der Waals surface area contributed by atoms with E-state index < -0.39 is 0 Å². The fraction of sp³-hybridized carbons (Fsp3) is 0.350. The summed E-state index contributed by atoms with van der Waals surface area (Å²) < 4.78 is 5.53. The van der Waals surface area contributed by atoms with Crippen LogP contribution >= 0.6 is 11.8 Å². The maximum Gasteiger partial charge on any atom is 0.257 e. The van der Waals surface area contributed by atoms with E-state index in [0.29, 0.717) is 6.54 Å². The Labute approximate surface area is 148 Å². The summed E-state index contributed by atoms with van der Waals surface area (Å²) in [6.45, 7) is 6.94. The molecular weight excluding hydrogens is 318 g/mol. The minimum absolute atomic E-state index is 0.0605. The van der Waals surface area contributed by atoms with Crippen LogP contribution in [0.1, 0.15) is 22.3 Å². The van der Waals surface area contributed by atoms with Crippen molar-refractivity contribution in [2.24, 2.45) is 0 Å². The molecule has 24 heavy (non-hydrogen) atoms. The van der Waals surface area contributed by atoms with Gasteiger partial charge in [0.05, 0.1) is 0 Å². The smallest absolute Gasteiger partial charge is 0.257 e. The van der Waals surface area contributed by atoms with Gasteiger partial charge in [-0.1, -0.05) is 30.3 Å². The first-order chi connectivity index (χ1) is 11.6. The number of carbonyl (C=O) groups is 1. The first-order valence-corrected chi connectivity index (χ1v) is 9.31. The van der Waals surface area contributed by atoms with Gasteiger partial charge in [-0.3, -0.25) is 4.79 Å². The predicted molar refractivity (Wildman–Crippen MR) is 102 cm³/mol. The van der Waals surface area contributed by atoms with E-state index in [1.54, 1.807) is 0 Å². The lowest BCUT2D eigenvalue weighted by atomic mass is 10.1. The quantitative estimate of drug-likeness (QED) is 0.735. The molecule has 4 heteroatoms. The lowest BCUT2D eigenvalue weighted by Crippen LogP contribution is -2.30. The summed E-state index contributed by atoms with van der Waals surface area (Å²) in [7, 11) is 0. The summed E-state index contributed by atoms with van der Waals surface area (Å²) in [4.78, 5) is 11.8. The van der Waals surface area contributed by atoms with Crippen LogP contribution in [0.2, 0.25) is 0 Å². The summed E-state index contributed by atoms with van der Waals surface area (Å²) >= 11 is 1.82. The molecule has 128 valence electrons. The van der Waals surface area contributed by atoms with Crippen molar-refractivity contribution in [3.8, 4) is 5.75 Å². The Kier molecular flexibility index (Phi) is 7.19. The third kappa shape index (κ3) is 5.93. The standard InChI is InChI=1S/C20H25NO2S/c1-15-8-9-19(12-17(15)3)23-13-20(22)21-10-11-24-14-18-7-5-4-6-16(18)2/h4-9,12H,10-11,13-14H2,1-3H3,(H,21,22). The highest BCUT2D eigenvalue weighted by atomic mass is 32.2. The number of benzene rings is 2. The van der Waals surface area contributed by atoms with Gasteiger partial charge in [0, 0.05) is 18.1 Å². The van der Waals surface area contributed by atoms with E-state index in [2.05, 4.69) is 43.4 Å². The topological polar surface area (TPSA) is 38.3 Å². The first kappa shape index (κ1) is 18.4. The third-order valence-corrected chi connectivity index (χ3v) is 4.94. The molecule has 0 aromatic heterocycles. The Hall–Kier alpha value is -1.94. The van der Waals surface area contributed by atoms with Crippen LogP contribution in [0.15, 0.2) is 42.5 Å². The van der Waals surface area contributed by atoms with Crippen LogP contribution in [-0.4, -0.2) is 24.8 Å². The van der Waals surface area contributed by atoms with E-state index in [9.17, 15) is 4.79 Å². The Balaban J connectivity index is 1.61. The average Bonchev–Trinajstić information content (AvgIpc) is 2.57. The Morgan fingerprint density at radius 2 is 1.83 bits per heavy atom. The van der Waals surface area contributed by atoms with Gasteiger partial charge < -0.3 is 10.1 Å². The summed E-state index contributed by atoms with van der Waals surface area (Å²) in [6, 6.07) is 14.3. The first-order valence-electron chi connectivity index (χ1n) is 8.15. The van der Waals surface area contributed by atoms with Gasteiger partial charge in [-0.05, 0) is 55.2 Å². The second kappa shape index (κ2) is 9.38. The van der Waals surface area contributed by atoms with Crippen LogP contribution in [0.25, 0.3) is 0 Å². The van der Waals surface area contributed by atoms with E-state index in [4.69, 9.17) is 4.74 Å². The molecule has 0 atom stereocenters. The number of carbonyl (C=O) groups excluding carboxylic acids is 1. The number of ether oxygens (including phenoxy) is 1. The molecule has 0 saturated heterocycles. The molecule has 0 unspecified atom stereocenters. The molecule has 2 aromatic rings. The summed E-state index contributed by atoms with van der Waals surface area (Å²) in [5, 5.41) is 2.90. The number of rotatable bonds is 8. The molecule has 0 fully saturated rings. The Bertz CT molecular complexity index is 685. The van der Waals surface area contributed by atoms with Crippen molar-refractivity contribution < 1.29 is 9.53 Å². The normalized spacial score (nSPS) is 10.5. The van der Waals surface area contributed by atoms with Gasteiger partial charge in [-0.25, -0.2) is 0 Å². The van der Waals surface area contributed by atoms with Crippen molar-refractivity contribution in [3.05, 3.63) is 64.7 Å². The van der Waals surface area contributed by atoms with Crippen molar-refractivity contribution in [1.29, 1.82) is 0 Å². The van der Waals surface area contributed by atoms with Gasteiger partial charge >= 0.3 is 0 Å². The van der Waals surface area contributed by atoms with E-state index in [1.165, 1.54) is 22.3 Å². The number of hydrogen-bond donors (Lipinski definition) is 1. The molecule has 3 nitrogen and oxygen atoms in total. The van der Waals surface area contributed by atoms with Crippen LogP contribution in [0.4, 0.5) is 0 Å². The van der Waals surface area contributed by atoms with Crippen molar-refractivity contribution in [2.45, 2.75) is 26.5 Å². The average molecular weight is 343 g/mol. The fourth-order valence-electron chi connectivity index (χ4n) is 2.22. The van der Waals surface area contributed by atoms with Crippen LogP contribution in [0.3, 0.4) is 0 Å². The maximum atomic E-state index is 11.8. The molecule has 0 aliphatic carbocycles. The van der Waals surface area contributed by atoms with E-state index in [1.807, 2.05) is 36.9 Å². The minimum Gasteiger partial charge on any atom is -0.484 e. The highest BCUT2D eigenvalue weighted by Gasteiger charge is 2.04. The van der Waals surface area contributed by atoms with Crippen LogP contribution in [0.5, 0.6) is 5.75 Å². The zero-order chi connectivity index (χ0) is 17.4. The number of nitrogens with one attached hydrogen (secondary N) is 1. The lowest BCUT2D eigenvalue weighted by Gasteiger charge is -2.09. The van der Waals surface area contributed by atoms with Crippen LogP contribution in [-0.2, 0) is 10.5 Å². The van der Waals surface area contributed by atoms with Crippen molar-refractivity contribution in [2.75, 3.05) is 18.9 Å². The zero-order valence-corrected chi connectivity index (χ0v) is 15.4. The predicted octanol–water partition coefficient (Wildman–Crippen LogP) is 4.04. The van der Waals surface area contributed by atoms with Crippen molar-refractivity contribution >= 4 is 17.7 Å². The van der Waals surface area contributed by atoms with Crippen LogP contribution in [0, 0.1) is 20.8 Å². The molecule has 0 saturated carbocycles. The lowest BCUT2D eigenvalue weighted by molar-refractivity contribution is -0.122. The summed E-state index contributed by atoms with van der Waals surface area (Å²) in [6.07, 6.45) is 0. The molecule has 1 N–H and O–H groups in total. The Morgan fingerprint density at radius 1 is 1.04 bits per heavy atom. The van der Waals surface area contributed by atoms with Gasteiger partial charge in [0.15, 0.2) is 6.61 Å². The molecule has 2 rings (SSSR count). The molecule has 2 aromatic carbocycles. The van der Waals surface area contributed by atoms with Gasteiger partial charge in [0.1, 0.15) is 5.75 Å². The molecule has 0 bridgehead atoms. The number of amides is 1. The number of thioether (sulfide) groups is 1. The Morgan fingerprint density at radius 3 is 2.58 bits per heavy atom. The second-order valence-corrected chi connectivity index (χ2v) is 6.97. The van der Waals surface area contributed by atoms with Gasteiger partial charge in [0.25, 0.3) is 5.91 Å². The van der Waals surface area contributed by atoms with Crippen LogP contribution < -0.4 is 10.1 Å². The maximum absolute atomic E-state index is 11.8. The second-order valence-electron chi connectivity index (χ2n) is 5.86. The fourth-order valence-corrected chi connectivity index (χ4v) is 3.15.